The first kappa shape index (κ1) is 76.7. The van der Waals surface area contributed by atoms with Crippen molar-refractivity contribution in [1.82, 2.24) is 9.80 Å². The van der Waals surface area contributed by atoms with E-state index in [9.17, 15) is 9.59 Å². The summed E-state index contributed by atoms with van der Waals surface area (Å²) < 4.78 is 167. The predicted octanol–water partition coefficient (Wildman–Crippen LogP) is 17.9. The van der Waals surface area contributed by atoms with Gasteiger partial charge in [0.15, 0.2) is 0 Å². The van der Waals surface area contributed by atoms with Crippen molar-refractivity contribution < 1.29 is 110 Å². The van der Waals surface area contributed by atoms with Crippen molar-refractivity contribution >= 4 is 96.3 Å². The molecule has 2 fully saturated rings. The van der Waals surface area contributed by atoms with Crippen molar-refractivity contribution in [3.05, 3.63) is 166 Å². The fourth-order valence-corrected chi connectivity index (χ4v) is 19.8. The largest absolute Gasteiger partial charge is 0.500 e. The first-order valence-corrected chi connectivity index (χ1v) is 39.3. The van der Waals surface area contributed by atoms with Crippen LogP contribution in [0, 0.1) is 39.5 Å². The van der Waals surface area contributed by atoms with Gasteiger partial charge in [-0.3, -0.25) is 29.0 Å². The number of aryl methyl sites for hydroxylation is 4. The first-order chi connectivity index (χ1) is 51.5. The van der Waals surface area contributed by atoms with Crippen LogP contribution in [0.2, 0.25) is 12.1 Å². The quantitative estimate of drug-likeness (QED) is 0.0123. The van der Waals surface area contributed by atoms with E-state index in [1.54, 1.807) is 97.1 Å². The monoisotopic (exact) mass is 1530 g/mol. The highest BCUT2D eigenvalue weighted by Gasteiger charge is 2.53. The highest BCUT2D eigenvalue weighted by molar-refractivity contribution is 6.61. The standard InChI is InChI=1S/C80H80F6N2O18Si2/c1-43-17-25-49(26-18-43)101-61-35-55-65-56(74(90)87(73(55)89)59(39-79(81,82)83)77(93)105-53-15-11-13-47(33-53)41-107(95-5,96-6)97-7)37-63(103-51-29-21-45(3)22-30-51)69-70-64(104-52-31-23-46(4)24-32-52)38-58-66-57(36-62(68(72(66)70)67(61)71(65)69)102-50-27-19-44(2)20-28-50)75(91)88(76(58)92)60(40-80(84,85)86)78(94)106-54-16-12-14-48(34-54)42-108(98-8,99-9)100-10/h17-32,35-38,47-48,53-54,59-60H,11-16,33-34,39-42H2,1-10H3. The van der Waals surface area contributed by atoms with Gasteiger partial charge in [-0.25, -0.2) is 9.59 Å². The summed E-state index contributed by atoms with van der Waals surface area (Å²) in [5.74, 6) is -9.44. The number of hydrogen-bond acceptors (Lipinski definition) is 18. The topological polar surface area (TPSA) is 220 Å². The molecule has 9 aromatic rings. The van der Waals surface area contributed by atoms with Gasteiger partial charge in [-0.1, -0.05) is 83.6 Å². The lowest BCUT2D eigenvalue weighted by molar-refractivity contribution is -0.172. The zero-order chi connectivity index (χ0) is 77.1. The third-order valence-corrected chi connectivity index (χ3v) is 26.8. The summed E-state index contributed by atoms with van der Waals surface area (Å²) in [6.07, 6.45) is -13.5. The van der Waals surface area contributed by atoms with Gasteiger partial charge < -0.3 is 55.0 Å². The molecule has 28 heteroatoms. The molecule has 20 nitrogen and oxygen atoms in total. The molecule has 4 amide bonds. The van der Waals surface area contributed by atoms with Gasteiger partial charge in [-0.15, -0.1) is 0 Å². The smallest absolute Gasteiger partial charge is 0.461 e. The average Bonchev–Trinajstić information content (AvgIpc) is 0.670. The van der Waals surface area contributed by atoms with E-state index in [1.807, 2.05) is 27.7 Å². The minimum absolute atomic E-state index is 0.0257. The van der Waals surface area contributed by atoms with Crippen molar-refractivity contribution in [3.63, 3.8) is 0 Å². The van der Waals surface area contributed by atoms with Crippen LogP contribution in [0.5, 0.6) is 46.0 Å². The van der Waals surface area contributed by atoms with Crippen LogP contribution in [-0.4, -0.2) is 142 Å². The molecule has 6 unspecified atom stereocenters. The number of carbonyl (C=O) groups excluding carboxylic acids is 6. The SMILES string of the molecule is CO[Si](CC1CCCC(OC(=O)C(CC(F)(F)F)N2C(=O)c3cc(Oc4ccc(C)cc4)c4c5c(Oc6ccc(C)cc6)cc6c7c(cc(Oc8ccc(C)cc8)c(c8c(Oc9ccc(C)cc9)cc(c3c48)C2=O)c75)C(=O)N(C(CC(F)(F)F)C(=O)OC2CCCC(C[Si](OC)(OC)OC)C2)C6=O)C1)(OC)OC. The Morgan fingerprint density at radius 2 is 0.639 bits per heavy atom. The minimum atomic E-state index is -5.20. The molecule has 0 spiro atoms. The summed E-state index contributed by atoms with van der Waals surface area (Å²) in [7, 11) is 2.21. The molecule has 0 radical (unpaired) electrons. The van der Waals surface area contributed by atoms with E-state index < -0.39 is 125 Å². The molecule has 108 heavy (non-hydrogen) atoms. The number of imide groups is 2. The van der Waals surface area contributed by atoms with Gasteiger partial charge in [0.2, 0.25) is 0 Å². The predicted molar refractivity (Wildman–Crippen MR) is 389 cm³/mol. The number of carbonyl (C=O) groups is 6. The molecule has 0 N–H and O–H groups in total. The van der Waals surface area contributed by atoms with Gasteiger partial charge in [0, 0.05) is 97.8 Å². The van der Waals surface area contributed by atoms with Crippen molar-refractivity contribution in [2.24, 2.45) is 11.8 Å². The van der Waals surface area contributed by atoms with Gasteiger partial charge in [0.1, 0.15) is 70.3 Å². The van der Waals surface area contributed by atoms with Gasteiger partial charge in [-0.05, 0) is 151 Å². The Morgan fingerprint density at radius 3 is 0.870 bits per heavy atom. The molecule has 9 aromatic carbocycles. The number of hydrogen-bond donors (Lipinski definition) is 0. The lowest BCUT2D eigenvalue weighted by atomic mass is 9.80. The van der Waals surface area contributed by atoms with Crippen molar-refractivity contribution in [2.45, 2.75) is 141 Å². The Morgan fingerprint density at radius 1 is 0.389 bits per heavy atom. The van der Waals surface area contributed by atoms with Crippen LogP contribution in [-0.2, 0) is 45.6 Å². The maximum atomic E-state index is 16.1. The molecule has 6 atom stereocenters. The normalized spacial score (nSPS) is 18.5. The third kappa shape index (κ3) is 15.2. The van der Waals surface area contributed by atoms with E-state index in [0.29, 0.717) is 25.7 Å². The Kier molecular flexibility index (Phi) is 21.6. The van der Waals surface area contributed by atoms with E-state index in [-0.39, 0.29) is 148 Å². The second-order valence-corrected chi connectivity index (χ2v) is 34.2. The fraction of sp³-hybridized carbons (Fsp3) is 0.375. The minimum Gasteiger partial charge on any atom is -0.461 e. The van der Waals surface area contributed by atoms with E-state index >= 15 is 45.5 Å². The number of alkyl halides is 6. The van der Waals surface area contributed by atoms with Gasteiger partial charge in [0.25, 0.3) is 23.6 Å². The zero-order valence-electron chi connectivity index (χ0n) is 61.0. The summed E-state index contributed by atoms with van der Waals surface area (Å²) in [5.41, 5.74) is 1.38. The van der Waals surface area contributed by atoms with Crippen LogP contribution in [0.15, 0.2) is 121 Å². The van der Waals surface area contributed by atoms with Crippen molar-refractivity contribution in [1.29, 1.82) is 0 Å². The Balaban J connectivity index is 1.09. The maximum Gasteiger partial charge on any atom is 0.500 e. The molecule has 2 heterocycles. The van der Waals surface area contributed by atoms with Crippen molar-refractivity contribution in [3.8, 4) is 46.0 Å². The van der Waals surface area contributed by atoms with Crippen LogP contribution in [0.4, 0.5) is 26.3 Å². The lowest BCUT2D eigenvalue weighted by Crippen LogP contribution is -2.53. The van der Waals surface area contributed by atoms with Crippen LogP contribution in [0.25, 0.3) is 43.1 Å². The summed E-state index contributed by atoms with van der Waals surface area (Å²) in [4.78, 5) is 95.0. The maximum absolute atomic E-state index is 16.1. The molecule has 2 aliphatic heterocycles. The second kappa shape index (κ2) is 30.5. The molecular formula is C80H80F6N2O18Si2. The number of nitrogens with zero attached hydrogens (tertiary/aromatic N) is 2. The van der Waals surface area contributed by atoms with E-state index in [1.165, 1.54) is 66.9 Å². The van der Waals surface area contributed by atoms with E-state index in [2.05, 4.69) is 0 Å². The lowest BCUT2D eigenvalue weighted by Gasteiger charge is -2.37. The highest BCUT2D eigenvalue weighted by Crippen LogP contribution is 2.59. The second-order valence-electron chi connectivity index (χ2n) is 28.2. The molecule has 0 bridgehead atoms. The molecule has 0 saturated heterocycles. The van der Waals surface area contributed by atoms with Crippen LogP contribution in [0.3, 0.4) is 0 Å². The number of ether oxygens (including phenoxy) is 6. The third-order valence-electron chi connectivity index (χ3n) is 21.0. The Hall–Kier alpha value is -9.53. The van der Waals surface area contributed by atoms with Crippen LogP contribution in [0.1, 0.15) is 128 Å². The number of rotatable bonds is 26. The Labute approximate surface area is 620 Å². The number of halogens is 6. The number of esters is 2. The van der Waals surface area contributed by atoms with Crippen molar-refractivity contribution in [2.75, 3.05) is 42.7 Å². The molecule has 0 aromatic heterocycles. The summed E-state index contributed by atoms with van der Waals surface area (Å²) >= 11 is 0. The summed E-state index contributed by atoms with van der Waals surface area (Å²) in [5, 5.41) is -0.579. The molecular weight excluding hydrogens is 1450 g/mol. The fourth-order valence-electron chi connectivity index (χ4n) is 15.6. The first-order valence-electron chi connectivity index (χ1n) is 35.4. The average molecular weight is 1530 g/mol. The molecule has 2 saturated carbocycles. The van der Waals surface area contributed by atoms with Crippen LogP contribution >= 0.6 is 0 Å². The number of fused-ring (bicyclic) bond motifs is 2. The molecule has 2 aliphatic carbocycles. The van der Waals surface area contributed by atoms with Gasteiger partial charge in [-0.2, -0.15) is 26.3 Å². The van der Waals surface area contributed by atoms with Gasteiger partial charge in [0.05, 0.1) is 35.1 Å². The Bertz CT molecular complexity index is 4410. The summed E-state index contributed by atoms with van der Waals surface area (Å²) in [6.45, 7) is 7.27. The molecule has 13 rings (SSSR count). The molecule has 4 aliphatic rings. The molecule has 568 valence electrons. The van der Waals surface area contributed by atoms with Gasteiger partial charge >= 0.3 is 41.9 Å². The van der Waals surface area contributed by atoms with E-state index in [4.69, 9.17) is 55.0 Å². The number of amides is 4. The van der Waals surface area contributed by atoms with Crippen LogP contribution < -0.4 is 18.9 Å². The number of benzene rings is 9. The zero-order valence-corrected chi connectivity index (χ0v) is 63.0. The highest BCUT2D eigenvalue weighted by atomic mass is 28.4. The van der Waals surface area contributed by atoms with E-state index in [0.717, 1.165) is 22.3 Å². The summed E-state index contributed by atoms with van der Waals surface area (Å²) in [6, 6.07) is 26.8.